The Hall–Kier alpha value is -3.93. The Morgan fingerprint density at radius 2 is 1.83 bits per heavy atom. The number of nitrogens with one attached hydrogen (secondary N) is 2. The van der Waals surface area contributed by atoms with Crippen LogP contribution in [0.15, 0.2) is 79.1 Å². The Morgan fingerprint density at radius 3 is 2.53 bits per heavy atom. The van der Waals surface area contributed by atoms with Crippen LogP contribution in [-0.2, 0) is 11.3 Å². The zero-order valence-electron chi connectivity index (χ0n) is 17.0. The van der Waals surface area contributed by atoms with E-state index in [0.29, 0.717) is 17.8 Å². The molecule has 0 unspecified atom stereocenters. The summed E-state index contributed by atoms with van der Waals surface area (Å²) in [6, 6.07) is 18.6. The molecule has 1 aromatic heterocycles. The third-order valence-electron chi connectivity index (χ3n) is 4.39. The third-order valence-corrected chi connectivity index (χ3v) is 4.39. The molecule has 6 nitrogen and oxygen atoms in total. The quantitative estimate of drug-likeness (QED) is 0.593. The zero-order valence-corrected chi connectivity index (χ0v) is 17.0. The topological polar surface area (TPSA) is 74.3 Å². The Kier molecular flexibility index (Phi) is 6.95. The average Bonchev–Trinajstić information content (AvgIpc) is 2.77. The molecule has 1 heterocycles. The summed E-state index contributed by atoms with van der Waals surface area (Å²) in [6.07, 6.45) is 6.61. The highest BCUT2D eigenvalue weighted by Gasteiger charge is 2.14. The fourth-order valence-electron chi connectivity index (χ4n) is 2.89. The first-order chi connectivity index (χ1) is 14.5. The molecule has 3 aromatic rings. The van der Waals surface area contributed by atoms with Crippen LogP contribution < -0.4 is 15.5 Å². The summed E-state index contributed by atoms with van der Waals surface area (Å²) in [7, 11) is 3.74. The SMILES string of the molecule is CN(C)c1ccc(NC(=O)/C=C/c2ccccc2)cc1C(=O)NCc1cccnc1. The molecule has 30 heavy (non-hydrogen) atoms. The van der Waals surface area contributed by atoms with E-state index in [1.165, 1.54) is 6.08 Å². The molecule has 0 aliphatic carbocycles. The smallest absolute Gasteiger partial charge is 0.253 e. The van der Waals surface area contributed by atoms with Crippen LogP contribution in [0.3, 0.4) is 0 Å². The van der Waals surface area contributed by atoms with Gasteiger partial charge in [0.25, 0.3) is 5.91 Å². The first-order valence-corrected chi connectivity index (χ1v) is 9.55. The number of pyridine rings is 1. The van der Waals surface area contributed by atoms with Gasteiger partial charge in [0, 0.05) is 50.5 Å². The predicted octanol–water partition coefficient (Wildman–Crippen LogP) is 3.73. The second-order valence-corrected chi connectivity index (χ2v) is 6.90. The maximum atomic E-state index is 12.8. The predicted molar refractivity (Wildman–Crippen MR) is 120 cm³/mol. The van der Waals surface area contributed by atoms with Gasteiger partial charge < -0.3 is 15.5 Å². The van der Waals surface area contributed by atoms with Gasteiger partial charge in [-0.05, 0) is 41.5 Å². The molecule has 152 valence electrons. The van der Waals surface area contributed by atoms with Crippen molar-refractivity contribution in [3.05, 3.63) is 95.8 Å². The number of hydrogen-bond acceptors (Lipinski definition) is 4. The molecule has 0 saturated carbocycles. The molecular weight excluding hydrogens is 376 g/mol. The summed E-state index contributed by atoms with van der Waals surface area (Å²) in [4.78, 5) is 31.0. The zero-order chi connectivity index (χ0) is 21.3. The Bertz CT molecular complexity index is 1030. The number of nitrogens with zero attached hydrogens (tertiary/aromatic N) is 2. The van der Waals surface area contributed by atoms with Gasteiger partial charge in [-0.2, -0.15) is 0 Å². The van der Waals surface area contributed by atoms with Crippen LogP contribution in [0.5, 0.6) is 0 Å². The molecule has 3 rings (SSSR count). The lowest BCUT2D eigenvalue weighted by Crippen LogP contribution is -2.25. The molecule has 2 amide bonds. The molecule has 0 saturated heterocycles. The van der Waals surface area contributed by atoms with Gasteiger partial charge in [0.2, 0.25) is 5.91 Å². The molecule has 0 spiro atoms. The minimum Gasteiger partial charge on any atom is -0.377 e. The lowest BCUT2D eigenvalue weighted by molar-refractivity contribution is -0.111. The molecule has 0 radical (unpaired) electrons. The highest BCUT2D eigenvalue weighted by molar-refractivity contribution is 6.05. The highest BCUT2D eigenvalue weighted by atomic mass is 16.2. The first-order valence-electron chi connectivity index (χ1n) is 9.55. The molecule has 0 fully saturated rings. The monoisotopic (exact) mass is 400 g/mol. The van der Waals surface area contributed by atoms with Gasteiger partial charge in [0.05, 0.1) is 5.56 Å². The van der Waals surface area contributed by atoms with Gasteiger partial charge in [0.1, 0.15) is 0 Å². The highest BCUT2D eigenvalue weighted by Crippen LogP contribution is 2.23. The summed E-state index contributed by atoms with van der Waals surface area (Å²) in [5.74, 6) is -0.489. The fourth-order valence-corrected chi connectivity index (χ4v) is 2.89. The molecule has 2 aromatic carbocycles. The van der Waals surface area contributed by atoms with Crippen LogP contribution in [0, 0.1) is 0 Å². The van der Waals surface area contributed by atoms with E-state index in [1.807, 2.05) is 67.5 Å². The van der Waals surface area contributed by atoms with E-state index in [9.17, 15) is 9.59 Å². The van der Waals surface area contributed by atoms with Crippen molar-refractivity contribution in [2.75, 3.05) is 24.3 Å². The molecule has 2 N–H and O–H groups in total. The lowest BCUT2D eigenvalue weighted by atomic mass is 10.1. The van der Waals surface area contributed by atoms with Crippen molar-refractivity contribution in [3.63, 3.8) is 0 Å². The van der Waals surface area contributed by atoms with Gasteiger partial charge in [0.15, 0.2) is 0 Å². The van der Waals surface area contributed by atoms with Gasteiger partial charge in [-0.1, -0.05) is 36.4 Å². The Labute approximate surface area is 176 Å². The minimum atomic E-state index is -0.266. The minimum absolute atomic E-state index is 0.224. The van der Waals surface area contributed by atoms with Gasteiger partial charge >= 0.3 is 0 Å². The summed E-state index contributed by atoms with van der Waals surface area (Å²) < 4.78 is 0. The van der Waals surface area contributed by atoms with Gasteiger partial charge in [-0.3, -0.25) is 14.6 Å². The largest absolute Gasteiger partial charge is 0.377 e. The van der Waals surface area contributed by atoms with E-state index in [2.05, 4.69) is 15.6 Å². The van der Waals surface area contributed by atoms with Crippen molar-refractivity contribution in [2.45, 2.75) is 6.54 Å². The molecule has 0 bridgehead atoms. The fraction of sp³-hybridized carbons (Fsp3) is 0.125. The van der Waals surface area contributed by atoms with E-state index in [0.717, 1.165) is 16.8 Å². The molecule has 0 aliphatic rings. The number of carbonyl (C=O) groups excluding carboxylic acids is 2. The van der Waals surface area contributed by atoms with E-state index >= 15 is 0 Å². The Morgan fingerprint density at radius 1 is 1.03 bits per heavy atom. The Balaban J connectivity index is 1.72. The first kappa shape index (κ1) is 20.8. The van der Waals surface area contributed by atoms with Crippen LogP contribution in [-0.4, -0.2) is 30.9 Å². The molecular formula is C24H24N4O2. The van der Waals surface area contributed by atoms with Crippen molar-refractivity contribution < 1.29 is 9.59 Å². The second-order valence-electron chi connectivity index (χ2n) is 6.90. The molecule has 0 atom stereocenters. The van der Waals surface area contributed by atoms with E-state index in [1.54, 1.807) is 30.6 Å². The molecule has 6 heteroatoms. The normalized spacial score (nSPS) is 10.6. The van der Waals surface area contributed by atoms with Crippen LogP contribution >= 0.6 is 0 Å². The number of amides is 2. The van der Waals surface area contributed by atoms with E-state index in [4.69, 9.17) is 0 Å². The van der Waals surface area contributed by atoms with Crippen molar-refractivity contribution in [1.82, 2.24) is 10.3 Å². The number of benzene rings is 2. The standard InChI is InChI=1S/C24H24N4O2/c1-28(2)22-12-11-20(27-23(29)13-10-18-7-4-3-5-8-18)15-21(22)24(30)26-17-19-9-6-14-25-16-19/h3-16H,17H2,1-2H3,(H,26,30)(H,27,29)/b13-10+. The second kappa shape index (κ2) is 10.0. The summed E-state index contributed by atoms with van der Waals surface area (Å²) in [6.45, 7) is 0.371. The van der Waals surface area contributed by atoms with E-state index < -0.39 is 0 Å². The van der Waals surface area contributed by atoms with Crippen molar-refractivity contribution in [2.24, 2.45) is 0 Å². The number of anilines is 2. The third kappa shape index (κ3) is 5.78. The van der Waals surface area contributed by atoms with Crippen molar-refractivity contribution in [3.8, 4) is 0 Å². The number of rotatable bonds is 7. The van der Waals surface area contributed by atoms with Crippen LogP contribution in [0.25, 0.3) is 6.08 Å². The van der Waals surface area contributed by atoms with Crippen molar-refractivity contribution in [1.29, 1.82) is 0 Å². The summed E-state index contributed by atoms with van der Waals surface area (Å²) in [5.41, 5.74) is 3.64. The van der Waals surface area contributed by atoms with Gasteiger partial charge in [-0.15, -0.1) is 0 Å². The van der Waals surface area contributed by atoms with Crippen LogP contribution in [0.2, 0.25) is 0 Å². The molecule has 0 aliphatic heterocycles. The van der Waals surface area contributed by atoms with Crippen LogP contribution in [0.4, 0.5) is 11.4 Å². The van der Waals surface area contributed by atoms with Crippen LogP contribution in [0.1, 0.15) is 21.5 Å². The maximum Gasteiger partial charge on any atom is 0.253 e. The summed E-state index contributed by atoms with van der Waals surface area (Å²) >= 11 is 0. The maximum absolute atomic E-state index is 12.8. The van der Waals surface area contributed by atoms with E-state index in [-0.39, 0.29) is 11.8 Å². The lowest BCUT2D eigenvalue weighted by Gasteiger charge is -2.18. The number of hydrogen-bond donors (Lipinski definition) is 2. The summed E-state index contributed by atoms with van der Waals surface area (Å²) in [5, 5.41) is 5.72. The number of aromatic nitrogens is 1. The number of carbonyl (C=O) groups is 2. The average molecular weight is 400 g/mol. The van der Waals surface area contributed by atoms with Gasteiger partial charge in [-0.25, -0.2) is 0 Å². The van der Waals surface area contributed by atoms with Crippen molar-refractivity contribution >= 4 is 29.3 Å².